The van der Waals surface area contributed by atoms with Gasteiger partial charge >= 0.3 is 5.97 Å². The van der Waals surface area contributed by atoms with Crippen LogP contribution in [0.5, 0.6) is 0 Å². The summed E-state index contributed by atoms with van der Waals surface area (Å²) in [5.74, 6) is -3.27. The summed E-state index contributed by atoms with van der Waals surface area (Å²) in [5.41, 5.74) is -1.08. The first-order valence-electron chi connectivity index (χ1n) is 11.1. The maximum atomic E-state index is 13.8. The Hall–Kier alpha value is -1.93. The van der Waals surface area contributed by atoms with Crippen molar-refractivity contribution in [2.24, 2.45) is 11.8 Å². The van der Waals surface area contributed by atoms with Crippen molar-refractivity contribution in [2.45, 2.75) is 76.2 Å². The van der Waals surface area contributed by atoms with Crippen LogP contribution in [0.4, 0.5) is 0 Å². The number of unbranched alkanes of at least 4 members (excludes halogenated alkanes) is 1. The zero-order valence-corrected chi connectivity index (χ0v) is 18.0. The van der Waals surface area contributed by atoms with Crippen molar-refractivity contribution in [3.05, 3.63) is 12.7 Å². The number of amides is 2. The van der Waals surface area contributed by atoms with Gasteiger partial charge in [-0.25, -0.2) is 0 Å². The number of carbonyl (C=O) groups excluding carboxylic acids is 2. The number of hydrogen-bond acceptors (Lipinski definition) is 5. The number of ether oxygens (including phenoxy) is 1. The van der Waals surface area contributed by atoms with E-state index in [1.807, 2.05) is 6.92 Å². The van der Waals surface area contributed by atoms with E-state index < -0.39 is 35.6 Å². The molecule has 0 radical (unpaired) electrons. The lowest BCUT2D eigenvalue weighted by molar-refractivity contribution is -0.151. The average Bonchev–Trinajstić information content (AvgIpc) is 3.34. The standard InChI is InChI=1S/C22H34N2O6/c1-4-8-14(3)23(11-5-2)20(27)18-22-10-9-15(30-22)16(21(28)29)17(22)19(26)24(18)12-6-7-13-25/h5,14-18,25H,2,4,6-13H2,1,3H3,(H,28,29)/t14?,15-,16+,17+,18-,22+/m0/s1. The van der Waals surface area contributed by atoms with E-state index in [1.165, 1.54) is 4.90 Å². The average molecular weight is 423 g/mol. The van der Waals surface area contributed by atoms with Crippen LogP contribution in [0.1, 0.15) is 52.4 Å². The lowest BCUT2D eigenvalue weighted by Crippen LogP contribution is -2.57. The summed E-state index contributed by atoms with van der Waals surface area (Å²) in [6, 6.07) is -0.860. The minimum Gasteiger partial charge on any atom is -0.481 e. The zero-order chi connectivity index (χ0) is 22.1. The quantitative estimate of drug-likeness (QED) is 0.385. The number of aliphatic carboxylic acids is 1. The monoisotopic (exact) mass is 422 g/mol. The second kappa shape index (κ2) is 9.06. The smallest absolute Gasteiger partial charge is 0.310 e. The molecule has 8 nitrogen and oxygen atoms in total. The first kappa shape index (κ1) is 22.7. The van der Waals surface area contributed by atoms with Crippen LogP contribution in [-0.4, -0.2) is 81.3 Å². The summed E-state index contributed by atoms with van der Waals surface area (Å²) in [5, 5.41) is 18.9. The van der Waals surface area contributed by atoms with Crippen molar-refractivity contribution in [3.63, 3.8) is 0 Å². The lowest BCUT2D eigenvalue weighted by Gasteiger charge is -2.39. The van der Waals surface area contributed by atoms with Crippen LogP contribution in [0.15, 0.2) is 12.7 Å². The first-order valence-corrected chi connectivity index (χ1v) is 11.1. The van der Waals surface area contributed by atoms with E-state index in [1.54, 1.807) is 11.0 Å². The number of aliphatic hydroxyl groups excluding tert-OH is 1. The normalized spacial score (nSPS) is 32.9. The molecular formula is C22H34N2O6. The SMILES string of the molecule is C=CCN(C(=O)[C@@H]1N(CCCCO)C(=O)[C@H]2[C@H](C(=O)O)[C@@H]3CC[C@]12O3)C(C)CCC. The second-order valence-corrected chi connectivity index (χ2v) is 8.77. The first-order chi connectivity index (χ1) is 14.3. The third-order valence-corrected chi connectivity index (χ3v) is 6.97. The van der Waals surface area contributed by atoms with Gasteiger partial charge in [0.2, 0.25) is 11.8 Å². The van der Waals surface area contributed by atoms with E-state index in [4.69, 9.17) is 9.84 Å². The Bertz CT molecular complexity index is 697. The predicted molar refractivity (Wildman–Crippen MR) is 110 cm³/mol. The van der Waals surface area contributed by atoms with Crippen molar-refractivity contribution in [1.29, 1.82) is 0 Å². The zero-order valence-electron chi connectivity index (χ0n) is 18.0. The fourth-order valence-electron chi connectivity index (χ4n) is 5.71. The molecule has 1 unspecified atom stereocenters. The summed E-state index contributed by atoms with van der Waals surface area (Å²) in [7, 11) is 0. The van der Waals surface area contributed by atoms with Crippen LogP contribution in [0.2, 0.25) is 0 Å². The molecule has 3 aliphatic heterocycles. The molecule has 0 aromatic heterocycles. The summed E-state index contributed by atoms with van der Waals surface area (Å²) in [6.45, 7) is 8.49. The Morgan fingerprint density at radius 3 is 2.77 bits per heavy atom. The fourth-order valence-corrected chi connectivity index (χ4v) is 5.71. The van der Waals surface area contributed by atoms with Crippen LogP contribution in [0, 0.1) is 11.8 Å². The molecule has 2 bridgehead atoms. The van der Waals surface area contributed by atoms with Crippen LogP contribution in [0.3, 0.4) is 0 Å². The van der Waals surface area contributed by atoms with Crippen molar-refractivity contribution in [2.75, 3.05) is 19.7 Å². The van der Waals surface area contributed by atoms with Gasteiger partial charge in [0.1, 0.15) is 11.6 Å². The number of likely N-dealkylation sites (tertiary alicyclic amines) is 1. The van der Waals surface area contributed by atoms with Crippen LogP contribution in [-0.2, 0) is 19.1 Å². The van der Waals surface area contributed by atoms with Gasteiger partial charge in [-0.15, -0.1) is 6.58 Å². The number of carboxylic acids is 1. The molecule has 3 fully saturated rings. The molecule has 3 rings (SSSR count). The van der Waals surface area contributed by atoms with Gasteiger partial charge in [-0.3, -0.25) is 14.4 Å². The highest BCUT2D eigenvalue weighted by Crippen LogP contribution is 2.58. The number of rotatable bonds is 11. The largest absolute Gasteiger partial charge is 0.481 e. The predicted octanol–water partition coefficient (Wildman–Crippen LogP) is 1.42. The van der Waals surface area contributed by atoms with Gasteiger partial charge in [0, 0.05) is 25.7 Å². The molecule has 168 valence electrons. The number of fused-ring (bicyclic) bond motifs is 1. The van der Waals surface area contributed by atoms with Crippen molar-refractivity contribution >= 4 is 17.8 Å². The maximum Gasteiger partial charge on any atom is 0.310 e. The summed E-state index contributed by atoms with van der Waals surface area (Å²) >= 11 is 0. The molecule has 30 heavy (non-hydrogen) atoms. The highest BCUT2D eigenvalue weighted by molar-refractivity contribution is 5.98. The molecule has 3 aliphatic rings. The van der Waals surface area contributed by atoms with Crippen LogP contribution >= 0.6 is 0 Å². The van der Waals surface area contributed by atoms with Gasteiger partial charge in [-0.2, -0.15) is 0 Å². The van der Waals surface area contributed by atoms with E-state index >= 15 is 0 Å². The molecule has 2 amide bonds. The van der Waals surface area contributed by atoms with Crippen molar-refractivity contribution in [3.8, 4) is 0 Å². The third kappa shape index (κ3) is 3.54. The Balaban J connectivity index is 1.99. The number of carboxylic acid groups (broad SMARTS) is 1. The molecule has 0 aliphatic carbocycles. The molecule has 6 atom stereocenters. The topological polar surface area (TPSA) is 107 Å². The van der Waals surface area contributed by atoms with Gasteiger partial charge in [0.25, 0.3) is 0 Å². The summed E-state index contributed by atoms with van der Waals surface area (Å²) in [6.07, 6.45) is 5.00. The van der Waals surface area contributed by atoms with Gasteiger partial charge < -0.3 is 24.7 Å². The summed E-state index contributed by atoms with van der Waals surface area (Å²) in [4.78, 5) is 42.5. The van der Waals surface area contributed by atoms with Gasteiger partial charge in [-0.05, 0) is 39.0 Å². The minimum absolute atomic E-state index is 0.00165. The number of nitrogens with zero attached hydrogens (tertiary/aromatic N) is 2. The molecule has 0 saturated carbocycles. The van der Waals surface area contributed by atoms with Gasteiger partial charge in [0.05, 0.1) is 17.9 Å². The molecule has 8 heteroatoms. The molecule has 1 spiro atoms. The van der Waals surface area contributed by atoms with Gasteiger partial charge in [-0.1, -0.05) is 19.4 Å². The molecule has 0 aromatic carbocycles. The molecular weight excluding hydrogens is 388 g/mol. The van der Waals surface area contributed by atoms with E-state index in [2.05, 4.69) is 13.5 Å². The Kier molecular flexibility index (Phi) is 6.87. The Morgan fingerprint density at radius 1 is 1.43 bits per heavy atom. The maximum absolute atomic E-state index is 13.8. The Labute approximate surface area is 177 Å². The van der Waals surface area contributed by atoms with E-state index in [9.17, 15) is 19.5 Å². The Morgan fingerprint density at radius 2 is 2.17 bits per heavy atom. The molecule has 3 saturated heterocycles. The van der Waals surface area contributed by atoms with Crippen molar-refractivity contribution in [1.82, 2.24) is 9.80 Å². The van der Waals surface area contributed by atoms with Gasteiger partial charge in [0.15, 0.2) is 0 Å². The minimum atomic E-state index is -1.08. The van der Waals surface area contributed by atoms with E-state index in [0.717, 1.165) is 12.8 Å². The molecule has 3 heterocycles. The number of carbonyl (C=O) groups is 3. The van der Waals surface area contributed by atoms with Crippen molar-refractivity contribution < 1.29 is 29.3 Å². The number of hydrogen-bond donors (Lipinski definition) is 2. The van der Waals surface area contributed by atoms with Crippen LogP contribution in [0.25, 0.3) is 0 Å². The van der Waals surface area contributed by atoms with Crippen LogP contribution < -0.4 is 0 Å². The number of aliphatic hydroxyl groups is 1. The molecule has 2 N–H and O–H groups in total. The highest BCUT2D eigenvalue weighted by Gasteiger charge is 2.74. The summed E-state index contributed by atoms with van der Waals surface area (Å²) < 4.78 is 6.20. The molecule has 0 aromatic rings. The van der Waals surface area contributed by atoms with E-state index in [0.29, 0.717) is 38.8 Å². The highest BCUT2D eigenvalue weighted by atomic mass is 16.5. The fraction of sp³-hybridized carbons (Fsp3) is 0.773. The van der Waals surface area contributed by atoms with E-state index in [-0.39, 0.29) is 24.5 Å². The third-order valence-electron chi connectivity index (χ3n) is 6.97. The lowest BCUT2D eigenvalue weighted by atomic mass is 9.70. The second-order valence-electron chi connectivity index (χ2n) is 8.77.